The highest BCUT2D eigenvalue weighted by molar-refractivity contribution is 6.08. The van der Waals surface area contributed by atoms with Gasteiger partial charge in [-0.3, -0.25) is 14.3 Å². The fourth-order valence-electron chi connectivity index (χ4n) is 2.74. The molecule has 0 spiro atoms. The number of nitrogens with zero attached hydrogens (tertiary/aromatic N) is 2. The molecule has 0 saturated heterocycles. The smallest absolute Gasteiger partial charge is 0.276 e. The Bertz CT molecular complexity index is 841. The average molecular weight is 343 g/mol. The Morgan fingerprint density at radius 1 is 1.28 bits per heavy atom. The van der Waals surface area contributed by atoms with Crippen molar-refractivity contribution < 1.29 is 19.1 Å². The lowest BCUT2D eigenvalue weighted by Crippen LogP contribution is -2.16. The van der Waals surface area contributed by atoms with E-state index in [1.54, 1.807) is 18.2 Å². The van der Waals surface area contributed by atoms with Gasteiger partial charge in [-0.05, 0) is 39.3 Å². The molecule has 1 amide bonds. The van der Waals surface area contributed by atoms with Crippen molar-refractivity contribution in [3.8, 4) is 11.5 Å². The standard InChI is InChI=1S/C18H21N3O4/c1-5-10(2)21-11(3)6-15(20-21)18(23)19-14-8-17-16(24-9-25-17)7-13(14)12(4)22/h6-8,10H,5,9H2,1-4H3,(H,19,23). The van der Waals surface area contributed by atoms with Crippen LogP contribution in [0.2, 0.25) is 0 Å². The number of rotatable bonds is 5. The lowest BCUT2D eigenvalue weighted by atomic mass is 10.1. The third-order valence-electron chi connectivity index (χ3n) is 4.30. The van der Waals surface area contributed by atoms with Crippen LogP contribution in [0.1, 0.15) is 59.8 Å². The molecule has 1 atom stereocenters. The van der Waals surface area contributed by atoms with Gasteiger partial charge >= 0.3 is 0 Å². The number of fused-ring (bicyclic) bond motifs is 1. The number of amides is 1. The van der Waals surface area contributed by atoms with Gasteiger partial charge in [-0.2, -0.15) is 5.10 Å². The van der Waals surface area contributed by atoms with E-state index in [1.807, 2.05) is 18.5 Å². The number of nitrogens with one attached hydrogen (secondary N) is 1. The topological polar surface area (TPSA) is 82.5 Å². The normalized spacial score (nSPS) is 13.6. The van der Waals surface area contributed by atoms with Crippen LogP contribution in [0.4, 0.5) is 5.69 Å². The van der Waals surface area contributed by atoms with Crippen molar-refractivity contribution in [1.29, 1.82) is 0 Å². The van der Waals surface area contributed by atoms with Crippen LogP contribution >= 0.6 is 0 Å². The van der Waals surface area contributed by atoms with Gasteiger partial charge in [-0.1, -0.05) is 6.92 Å². The largest absolute Gasteiger partial charge is 0.454 e. The minimum Gasteiger partial charge on any atom is -0.454 e. The molecule has 1 aromatic heterocycles. The molecule has 3 rings (SSSR count). The fourth-order valence-corrected chi connectivity index (χ4v) is 2.74. The highest BCUT2D eigenvalue weighted by Crippen LogP contribution is 2.37. The summed E-state index contributed by atoms with van der Waals surface area (Å²) in [6.07, 6.45) is 0.917. The predicted octanol–water partition coefficient (Wildman–Crippen LogP) is 3.35. The maximum atomic E-state index is 12.6. The van der Waals surface area contributed by atoms with Gasteiger partial charge in [0, 0.05) is 23.4 Å². The molecule has 1 aliphatic heterocycles. The summed E-state index contributed by atoms with van der Waals surface area (Å²) < 4.78 is 12.4. The zero-order chi connectivity index (χ0) is 18.1. The molecule has 0 saturated carbocycles. The van der Waals surface area contributed by atoms with Crippen molar-refractivity contribution in [1.82, 2.24) is 9.78 Å². The Morgan fingerprint density at radius 3 is 2.60 bits per heavy atom. The minimum absolute atomic E-state index is 0.0998. The van der Waals surface area contributed by atoms with Crippen molar-refractivity contribution in [2.75, 3.05) is 12.1 Å². The zero-order valence-electron chi connectivity index (χ0n) is 14.8. The lowest BCUT2D eigenvalue weighted by Gasteiger charge is -2.11. The lowest BCUT2D eigenvalue weighted by molar-refractivity contribution is 0.101. The number of anilines is 1. The molecule has 1 unspecified atom stereocenters. The van der Waals surface area contributed by atoms with Crippen molar-refractivity contribution in [3.05, 3.63) is 35.2 Å². The van der Waals surface area contributed by atoms with Gasteiger partial charge in [-0.25, -0.2) is 0 Å². The summed E-state index contributed by atoms with van der Waals surface area (Å²) in [4.78, 5) is 24.5. The maximum absolute atomic E-state index is 12.6. The number of carbonyl (C=O) groups is 2. The molecule has 2 aromatic rings. The van der Waals surface area contributed by atoms with Crippen LogP contribution < -0.4 is 14.8 Å². The molecular weight excluding hydrogens is 322 g/mol. The Balaban J connectivity index is 1.90. The summed E-state index contributed by atoms with van der Waals surface area (Å²) in [6.45, 7) is 7.57. The third-order valence-corrected chi connectivity index (χ3v) is 4.30. The molecule has 1 N–H and O–H groups in total. The van der Waals surface area contributed by atoms with Crippen LogP contribution in [0.5, 0.6) is 11.5 Å². The second-order valence-electron chi connectivity index (χ2n) is 6.13. The van der Waals surface area contributed by atoms with E-state index in [0.29, 0.717) is 28.4 Å². The third kappa shape index (κ3) is 3.22. The second-order valence-corrected chi connectivity index (χ2v) is 6.13. The molecule has 25 heavy (non-hydrogen) atoms. The van der Waals surface area contributed by atoms with Crippen LogP contribution in [0.25, 0.3) is 0 Å². The molecule has 0 radical (unpaired) electrons. The van der Waals surface area contributed by atoms with Crippen molar-refractivity contribution in [2.24, 2.45) is 0 Å². The van der Waals surface area contributed by atoms with E-state index in [2.05, 4.69) is 17.3 Å². The molecule has 1 aromatic carbocycles. The first kappa shape index (κ1) is 17.0. The first-order chi connectivity index (χ1) is 11.9. The number of benzene rings is 1. The second kappa shape index (κ2) is 6.58. The number of hydrogen-bond acceptors (Lipinski definition) is 5. The number of ketones is 1. The minimum atomic E-state index is -0.369. The Morgan fingerprint density at radius 2 is 1.96 bits per heavy atom. The van der Waals surface area contributed by atoms with Gasteiger partial charge in [0.2, 0.25) is 6.79 Å². The van der Waals surface area contributed by atoms with Crippen LogP contribution in [0.3, 0.4) is 0 Å². The Kier molecular flexibility index (Phi) is 4.48. The molecule has 7 nitrogen and oxygen atoms in total. The summed E-state index contributed by atoms with van der Waals surface area (Å²) in [5, 5.41) is 7.15. The van der Waals surface area contributed by atoms with Crippen molar-refractivity contribution in [3.63, 3.8) is 0 Å². The SMILES string of the molecule is CCC(C)n1nc(C(=O)Nc2cc3c(cc2C(C)=O)OCO3)cc1C. The summed E-state index contributed by atoms with van der Waals surface area (Å²) in [7, 11) is 0. The van der Waals surface area contributed by atoms with Crippen LogP contribution in [-0.2, 0) is 0 Å². The molecule has 1 aliphatic rings. The fraction of sp³-hybridized carbons (Fsp3) is 0.389. The Hall–Kier alpha value is -2.83. The number of aryl methyl sites for hydroxylation is 1. The van der Waals surface area contributed by atoms with Crippen LogP contribution in [-0.4, -0.2) is 28.3 Å². The van der Waals surface area contributed by atoms with E-state index in [0.717, 1.165) is 12.1 Å². The zero-order valence-corrected chi connectivity index (χ0v) is 14.8. The van der Waals surface area contributed by atoms with E-state index in [4.69, 9.17) is 9.47 Å². The van der Waals surface area contributed by atoms with Crippen molar-refractivity contribution >= 4 is 17.4 Å². The number of aromatic nitrogens is 2. The first-order valence-electron chi connectivity index (χ1n) is 8.22. The number of Topliss-reactive ketones (excluding diaryl/α,β-unsaturated/α-hetero) is 1. The van der Waals surface area contributed by atoms with E-state index in [1.165, 1.54) is 6.92 Å². The highest BCUT2D eigenvalue weighted by Gasteiger charge is 2.22. The molecule has 0 fully saturated rings. The van der Waals surface area contributed by atoms with E-state index in [-0.39, 0.29) is 24.5 Å². The van der Waals surface area contributed by atoms with Crippen LogP contribution in [0.15, 0.2) is 18.2 Å². The van der Waals surface area contributed by atoms with E-state index < -0.39 is 0 Å². The van der Waals surface area contributed by atoms with Crippen LogP contribution in [0, 0.1) is 6.92 Å². The summed E-state index contributed by atoms with van der Waals surface area (Å²) in [6, 6.07) is 5.14. The number of hydrogen-bond donors (Lipinski definition) is 1. The highest BCUT2D eigenvalue weighted by atomic mass is 16.7. The predicted molar refractivity (Wildman–Crippen MR) is 92.5 cm³/mol. The molecule has 0 aliphatic carbocycles. The van der Waals surface area contributed by atoms with Crippen molar-refractivity contribution in [2.45, 2.75) is 40.2 Å². The summed E-state index contributed by atoms with van der Waals surface area (Å²) in [5.74, 6) is 0.461. The molecule has 2 heterocycles. The monoisotopic (exact) mass is 343 g/mol. The van der Waals surface area contributed by atoms with Gasteiger partial charge in [0.1, 0.15) is 0 Å². The first-order valence-corrected chi connectivity index (χ1v) is 8.22. The van der Waals surface area contributed by atoms with Gasteiger partial charge in [0.25, 0.3) is 5.91 Å². The average Bonchev–Trinajstić information content (AvgIpc) is 3.19. The number of carbonyl (C=O) groups excluding carboxylic acids is 2. The quantitative estimate of drug-likeness (QED) is 0.842. The molecular formula is C18H21N3O4. The van der Waals surface area contributed by atoms with Gasteiger partial charge in [0.15, 0.2) is 23.0 Å². The molecule has 7 heteroatoms. The summed E-state index contributed by atoms with van der Waals surface area (Å²) in [5.41, 5.74) is 1.98. The summed E-state index contributed by atoms with van der Waals surface area (Å²) >= 11 is 0. The maximum Gasteiger partial charge on any atom is 0.276 e. The van der Waals surface area contributed by atoms with Gasteiger partial charge in [-0.15, -0.1) is 0 Å². The van der Waals surface area contributed by atoms with E-state index >= 15 is 0 Å². The molecule has 0 bridgehead atoms. The van der Waals surface area contributed by atoms with Gasteiger partial charge in [0.05, 0.1) is 5.69 Å². The van der Waals surface area contributed by atoms with Gasteiger partial charge < -0.3 is 14.8 Å². The molecule has 132 valence electrons. The Labute approximate surface area is 145 Å². The van der Waals surface area contributed by atoms with E-state index in [9.17, 15) is 9.59 Å². The number of ether oxygens (including phenoxy) is 2.